The molecule has 3 aromatic rings. The Labute approximate surface area is 169 Å². The molecule has 1 saturated heterocycles. The smallest absolute Gasteiger partial charge is 0.332 e. The maximum Gasteiger partial charge on any atom is 0.332 e. The Morgan fingerprint density at radius 2 is 2.13 bits per heavy atom. The van der Waals surface area contributed by atoms with Crippen molar-refractivity contribution in [2.45, 2.75) is 29.2 Å². The number of halogens is 1. The second kappa shape index (κ2) is 7.05. The summed E-state index contributed by atoms with van der Waals surface area (Å²) in [5.74, 6) is -0.747. The molecule has 0 aliphatic carbocycles. The molecule has 0 saturated carbocycles. The molecular weight excluding hydrogens is 421 g/mol. The van der Waals surface area contributed by atoms with Crippen LogP contribution >= 0.6 is 0 Å². The number of imidazole rings is 1. The lowest BCUT2D eigenvalue weighted by Gasteiger charge is -2.29. The number of aliphatic hydroxyl groups excluding tert-OH is 2. The van der Waals surface area contributed by atoms with Gasteiger partial charge in [0.25, 0.3) is 0 Å². The molecule has 0 unspecified atom stereocenters. The first-order valence-electron chi connectivity index (χ1n) is 8.67. The van der Waals surface area contributed by atoms with E-state index in [9.17, 15) is 27.3 Å². The van der Waals surface area contributed by atoms with Gasteiger partial charge in [0.05, 0.1) is 23.9 Å². The van der Waals surface area contributed by atoms with Gasteiger partial charge in [-0.25, -0.2) is 15.0 Å². The van der Waals surface area contributed by atoms with Crippen molar-refractivity contribution in [1.82, 2.24) is 19.5 Å². The van der Waals surface area contributed by atoms with Crippen molar-refractivity contribution in [3.8, 4) is 0 Å². The van der Waals surface area contributed by atoms with Crippen LogP contribution in [0.25, 0.3) is 11.2 Å². The Kier molecular flexibility index (Phi) is 4.77. The van der Waals surface area contributed by atoms with Crippen LogP contribution in [0.4, 0.5) is 9.70 Å². The first-order valence-corrected chi connectivity index (χ1v) is 10.1. The number of nitrogen functional groups attached to an aromatic ring is 1. The predicted octanol–water partition coefficient (Wildman–Crippen LogP) is -0.255. The van der Waals surface area contributed by atoms with Crippen molar-refractivity contribution < 1.29 is 32.0 Å². The lowest BCUT2D eigenvalue weighted by atomic mass is 9.96. The number of fused-ring (bicyclic) bond motifs is 1. The predicted molar refractivity (Wildman–Crippen MR) is 99.4 cm³/mol. The summed E-state index contributed by atoms with van der Waals surface area (Å²) in [7, 11) is -5.06. The largest absolute Gasteiger partial charge is 0.394 e. The number of carbonyl (C=O) groups excluding carboxylic acids is 1. The summed E-state index contributed by atoms with van der Waals surface area (Å²) in [6.45, 7) is -0.584. The average Bonchev–Trinajstić information content (AvgIpc) is 3.29. The molecule has 1 aliphatic rings. The van der Waals surface area contributed by atoms with Gasteiger partial charge in [-0.05, 0) is 12.1 Å². The van der Waals surface area contributed by atoms with E-state index in [-0.39, 0.29) is 29.0 Å². The molecule has 1 aliphatic heterocycles. The zero-order valence-corrected chi connectivity index (χ0v) is 16.0. The van der Waals surface area contributed by atoms with E-state index in [1.807, 2.05) is 0 Å². The Morgan fingerprint density at radius 3 is 2.80 bits per heavy atom. The number of ketones is 1. The van der Waals surface area contributed by atoms with E-state index in [2.05, 4.69) is 15.0 Å². The summed E-state index contributed by atoms with van der Waals surface area (Å²) >= 11 is 0. The van der Waals surface area contributed by atoms with E-state index >= 15 is 0 Å². The van der Waals surface area contributed by atoms with Gasteiger partial charge in [-0.3, -0.25) is 9.36 Å². The first-order chi connectivity index (χ1) is 14.2. The molecule has 11 nitrogen and oxygen atoms in total. The zero-order chi connectivity index (χ0) is 21.7. The third-order valence-corrected chi connectivity index (χ3v) is 5.74. The van der Waals surface area contributed by atoms with Crippen LogP contribution in [0.1, 0.15) is 16.8 Å². The molecule has 3 heterocycles. The molecule has 158 valence electrons. The van der Waals surface area contributed by atoms with Crippen LogP contribution in [-0.4, -0.2) is 62.7 Å². The van der Waals surface area contributed by atoms with Crippen LogP contribution in [0.3, 0.4) is 0 Å². The Balaban J connectivity index is 1.92. The van der Waals surface area contributed by atoms with Crippen molar-refractivity contribution in [2.75, 3.05) is 12.3 Å². The molecule has 0 radical (unpaired) electrons. The number of hydrogen-bond acceptors (Lipinski definition) is 10. The number of carbonyl (C=O) groups is 1. The molecule has 0 amide bonds. The van der Waals surface area contributed by atoms with Crippen molar-refractivity contribution in [3.05, 3.63) is 42.5 Å². The number of aromatic nitrogens is 4. The number of nitrogens with zero attached hydrogens (tertiary/aromatic N) is 4. The van der Waals surface area contributed by atoms with Crippen molar-refractivity contribution in [3.63, 3.8) is 0 Å². The highest BCUT2D eigenvalue weighted by atomic mass is 32.3. The molecule has 2 aromatic heterocycles. The normalized spacial score (nSPS) is 24.4. The van der Waals surface area contributed by atoms with Gasteiger partial charge in [0, 0.05) is 12.0 Å². The molecule has 4 rings (SSSR count). The number of anilines is 1. The highest BCUT2D eigenvalue weighted by molar-refractivity contribution is 7.86. The van der Waals surface area contributed by atoms with Crippen LogP contribution in [0, 0.1) is 0 Å². The van der Waals surface area contributed by atoms with E-state index in [4.69, 9.17) is 10.5 Å². The standard InChI is InChI=1S/C17H16FN5O6S/c18-30(27,28)10-3-1-2-9(4-10)14(26)17(5-11(25)12(6-24)29-17)23-8-22-13-15(19)20-7-21-16(13)23/h1-4,7-8,11-12,24-25H,5-6H2,(H2,19,20,21)/t11-,12+,17-/m0/s1. The van der Waals surface area contributed by atoms with Gasteiger partial charge in [-0.15, -0.1) is 3.89 Å². The minimum Gasteiger partial charge on any atom is -0.394 e. The second-order valence-corrected chi connectivity index (χ2v) is 8.08. The molecule has 0 bridgehead atoms. The molecule has 1 aromatic carbocycles. The summed E-state index contributed by atoms with van der Waals surface area (Å²) in [5, 5.41) is 19.9. The van der Waals surface area contributed by atoms with Gasteiger partial charge in [0.1, 0.15) is 17.9 Å². The van der Waals surface area contributed by atoms with E-state index < -0.39 is 45.4 Å². The van der Waals surface area contributed by atoms with Gasteiger partial charge in [-0.1, -0.05) is 12.1 Å². The average molecular weight is 437 g/mol. The van der Waals surface area contributed by atoms with Gasteiger partial charge in [0.15, 0.2) is 11.5 Å². The lowest BCUT2D eigenvalue weighted by molar-refractivity contribution is -0.0900. The molecule has 30 heavy (non-hydrogen) atoms. The van der Waals surface area contributed by atoms with Crippen LogP contribution in [-0.2, 0) is 20.7 Å². The molecule has 13 heteroatoms. The van der Waals surface area contributed by atoms with E-state index in [1.54, 1.807) is 0 Å². The quantitative estimate of drug-likeness (QED) is 0.357. The summed E-state index contributed by atoms with van der Waals surface area (Å²) in [5.41, 5.74) is 3.96. The fraction of sp³-hybridized carbons (Fsp3) is 0.294. The van der Waals surface area contributed by atoms with Gasteiger partial charge < -0.3 is 20.7 Å². The molecular formula is C17H16FN5O6S. The summed E-state index contributed by atoms with van der Waals surface area (Å²) < 4.78 is 43.0. The molecule has 0 spiro atoms. The van der Waals surface area contributed by atoms with Gasteiger partial charge in [0.2, 0.25) is 11.5 Å². The number of benzene rings is 1. The monoisotopic (exact) mass is 437 g/mol. The second-order valence-electron chi connectivity index (χ2n) is 6.74. The van der Waals surface area contributed by atoms with Crippen LogP contribution in [0.15, 0.2) is 41.8 Å². The SMILES string of the molecule is Nc1ncnc2c1ncn2[C@@]1(C(=O)c2cccc(S(=O)(=O)F)c2)C[C@H](O)[C@@H](CO)O1. The Bertz CT molecular complexity index is 1250. The number of Topliss-reactive ketones (excluding diaryl/α,β-unsaturated/α-hetero) is 1. The van der Waals surface area contributed by atoms with Crippen LogP contribution in [0.5, 0.6) is 0 Å². The van der Waals surface area contributed by atoms with Crippen molar-refractivity contribution in [1.29, 1.82) is 0 Å². The summed E-state index contributed by atoms with van der Waals surface area (Å²) in [6.07, 6.45) is -0.281. The maximum absolute atomic E-state index is 13.5. The number of hydrogen-bond donors (Lipinski definition) is 3. The Morgan fingerprint density at radius 1 is 1.37 bits per heavy atom. The minimum absolute atomic E-state index is 0.0455. The topological polar surface area (TPSA) is 171 Å². The van der Waals surface area contributed by atoms with Crippen molar-refractivity contribution >= 4 is 33.0 Å². The number of rotatable bonds is 5. The minimum atomic E-state index is -5.06. The first kappa shape index (κ1) is 20.3. The van der Waals surface area contributed by atoms with Gasteiger partial charge >= 0.3 is 10.2 Å². The van der Waals surface area contributed by atoms with E-state index in [0.29, 0.717) is 0 Å². The Hall–Kier alpha value is -3.00. The van der Waals surface area contributed by atoms with Crippen LogP contribution in [0.2, 0.25) is 0 Å². The summed E-state index contributed by atoms with van der Waals surface area (Å²) in [6, 6.07) is 4.35. The van der Waals surface area contributed by atoms with E-state index in [1.165, 1.54) is 23.0 Å². The molecule has 4 N–H and O–H groups in total. The lowest BCUT2D eigenvalue weighted by Crippen LogP contribution is -2.42. The van der Waals surface area contributed by atoms with Gasteiger partial charge in [-0.2, -0.15) is 8.42 Å². The maximum atomic E-state index is 13.5. The highest BCUT2D eigenvalue weighted by Gasteiger charge is 2.53. The summed E-state index contributed by atoms with van der Waals surface area (Å²) in [4.78, 5) is 24.8. The highest BCUT2D eigenvalue weighted by Crippen LogP contribution is 2.40. The third kappa shape index (κ3) is 3.11. The molecule has 3 atom stereocenters. The van der Waals surface area contributed by atoms with Crippen molar-refractivity contribution in [2.24, 2.45) is 0 Å². The third-order valence-electron chi connectivity index (χ3n) is 4.92. The number of nitrogens with two attached hydrogens (primary N) is 1. The fourth-order valence-electron chi connectivity index (χ4n) is 3.49. The molecule has 1 fully saturated rings. The number of ether oxygens (including phenoxy) is 1. The number of aliphatic hydroxyl groups is 2. The van der Waals surface area contributed by atoms with E-state index in [0.717, 1.165) is 18.5 Å². The fourth-order valence-corrected chi connectivity index (χ4v) is 4.00. The zero-order valence-electron chi connectivity index (χ0n) is 15.2. The van der Waals surface area contributed by atoms with Crippen LogP contribution < -0.4 is 5.73 Å².